The van der Waals surface area contributed by atoms with Crippen LogP contribution in [0.4, 0.5) is 11.4 Å². The largest absolute Gasteiger partial charge is 0.326 e. The number of amides is 2. The molecule has 0 radical (unpaired) electrons. The van der Waals surface area contributed by atoms with Crippen LogP contribution in [0.3, 0.4) is 0 Å². The van der Waals surface area contributed by atoms with Gasteiger partial charge in [-0.25, -0.2) is 13.1 Å². The Morgan fingerprint density at radius 3 is 2.68 bits per heavy atom. The normalized spacial score (nSPS) is 13.6. The summed E-state index contributed by atoms with van der Waals surface area (Å²) in [7, 11) is -3.73. The first-order chi connectivity index (χ1) is 13.2. The Labute approximate surface area is 164 Å². The van der Waals surface area contributed by atoms with Gasteiger partial charge in [-0.1, -0.05) is 12.1 Å². The van der Waals surface area contributed by atoms with Crippen LogP contribution in [0.25, 0.3) is 0 Å². The molecule has 8 heteroatoms. The molecule has 0 spiro atoms. The Morgan fingerprint density at radius 2 is 1.89 bits per heavy atom. The minimum Gasteiger partial charge on any atom is -0.326 e. The van der Waals surface area contributed by atoms with E-state index in [0.29, 0.717) is 18.5 Å². The maximum Gasteiger partial charge on any atom is 0.240 e. The molecule has 0 unspecified atom stereocenters. The maximum atomic E-state index is 12.5. The van der Waals surface area contributed by atoms with Crippen LogP contribution in [-0.4, -0.2) is 26.8 Å². The maximum absolute atomic E-state index is 12.5. The predicted octanol–water partition coefficient (Wildman–Crippen LogP) is 2.50. The van der Waals surface area contributed by atoms with Crippen LogP contribution >= 0.6 is 0 Å². The Bertz CT molecular complexity index is 1030. The molecule has 0 saturated carbocycles. The van der Waals surface area contributed by atoms with Gasteiger partial charge in [0.15, 0.2) is 0 Å². The number of sulfonamides is 1. The summed E-state index contributed by atoms with van der Waals surface area (Å²) >= 11 is 0. The molecule has 2 aromatic rings. The van der Waals surface area contributed by atoms with Crippen LogP contribution in [0.5, 0.6) is 0 Å². The van der Waals surface area contributed by atoms with E-state index in [4.69, 9.17) is 0 Å². The van der Waals surface area contributed by atoms with Crippen LogP contribution in [0.15, 0.2) is 41.3 Å². The summed E-state index contributed by atoms with van der Waals surface area (Å²) < 4.78 is 27.4. The number of hydrogen-bond donors (Lipinski definition) is 3. The van der Waals surface area contributed by atoms with Crippen molar-refractivity contribution in [2.24, 2.45) is 0 Å². The van der Waals surface area contributed by atoms with Gasteiger partial charge in [0.1, 0.15) is 0 Å². The van der Waals surface area contributed by atoms with Crippen molar-refractivity contribution in [3.8, 4) is 0 Å². The molecule has 0 saturated heterocycles. The second-order valence-electron chi connectivity index (χ2n) is 6.88. The number of hydrogen-bond acceptors (Lipinski definition) is 4. The van der Waals surface area contributed by atoms with Crippen molar-refractivity contribution in [3.63, 3.8) is 0 Å². The lowest BCUT2D eigenvalue weighted by Crippen LogP contribution is -2.28. The first-order valence-electron chi connectivity index (χ1n) is 9.04. The summed E-state index contributed by atoms with van der Waals surface area (Å²) in [6.45, 7) is 3.83. The molecule has 0 atom stereocenters. The van der Waals surface area contributed by atoms with Crippen LogP contribution in [-0.2, 0) is 26.0 Å². The number of fused-ring (bicyclic) bond motifs is 1. The van der Waals surface area contributed by atoms with Crippen molar-refractivity contribution in [1.29, 1.82) is 0 Å². The van der Waals surface area contributed by atoms with E-state index in [1.807, 2.05) is 32.0 Å². The summed E-state index contributed by atoms with van der Waals surface area (Å²) in [6.07, 6.45) is 0.860. The highest BCUT2D eigenvalue weighted by Gasteiger charge is 2.20. The van der Waals surface area contributed by atoms with Crippen molar-refractivity contribution < 1.29 is 18.0 Å². The quantitative estimate of drug-likeness (QED) is 0.692. The molecular formula is C20H23N3O4S. The highest BCUT2D eigenvalue weighted by Crippen LogP contribution is 2.25. The summed E-state index contributed by atoms with van der Waals surface area (Å²) in [5.41, 5.74) is 4.13. The van der Waals surface area contributed by atoms with E-state index in [1.54, 1.807) is 12.1 Å². The fourth-order valence-electron chi connectivity index (χ4n) is 2.99. The van der Waals surface area contributed by atoms with Gasteiger partial charge in [-0.05, 0) is 61.2 Å². The molecule has 2 amide bonds. The van der Waals surface area contributed by atoms with Gasteiger partial charge in [-0.3, -0.25) is 9.59 Å². The standard InChI is InChI=1S/C20H23N3O4S/c1-13-3-4-14(2)18(11-13)23-20(25)9-10-21-28(26,27)16-6-7-17-15(12-16)5-8-19(24)22-17/h3-4,6-7,11-12,21H,5,8-10H2,1-2H3,(H,22,24)(H,23,25). The van der Waals surface area contributed by atoms with Crippen molar-refractivity contribution in [3.05, 3.63) is 53.1 Å². The Balaban J connectivity index is 1.58. The Hall–Kier alpha value is -2.71. The van der Waals surface area contributed by atoms with Gasteiger partial charge in [0.25, 0.3) is 0 Å². The van der Waals surface area contributed by atoms with Crippen molar-refractivity contribution in [2.45, 2.75) is 38.0 Å². The molecule has 1 aliphatic heterocycles. The van der Waals surface area contributed by atoms with Crippen molar-refractivity contribution >= 4 is 33.2 Å². The molecule has 7 nitrogen and oxygen atoms in total. The van der Waals surface area contributed by atoms with Crippen LogP contribution in [0.1, 0.15) is 29.5 Å². The summed E-state index contributed by atoms with van der Waals surface area (Å²) in [5, 5.41) is 5.53. The zero-order valence-electron chi connectivity index (χ0n) is 15.8. The smallest absolute Gasteiger partial charge is 0.240 e. The molecule has 0 aromatic heterocycles. The van der Waals surface area contributed by atoms with Crippen LogP contribution in [0, 0.1) is 13.8 Å². The van der Waals surface area contributed by atoms with E-state index < -0.39 is 10.0 Å². The SMILES string of the molecule is Cc1ccc(C)c(NC(=O)CCNS(=O)(=O)c2ccc3c(c2)CCC(=O)N3)c1. The molecule has 148 valence electrons. The lowest BCUT2D eigenvalue weighted by atomic mass is 10.0. The third-order valence-corrected chi connectivity index (χ3v) is 6.05. The average molecular weight is 401 g/mol. The predicted molar refractivity (Wildman–Crippen MR) is 108 cm³/mol. The Morgan fingerprint density at radius 1 is 1.11 bits per heavy atom. The average Bonchev–Trinajstić information content (AvgIpc) is 2.64. The van der Waals surface area contributed by atoms with Crippen molar-refractivity contribution in [1.82, 2.24) is 4.72 Å². The summed E-state index contributed by atoms with van der Waals surface area (Å²) in [5.74, 6) is -0.333. The van der Waals surface area contributed by atoms with Gasteiger partial charge in [0.2, 0.25) is 21.8 Å². The molecule has 0 fully saturated rings. The summed E-state index contributed by atoms with van der Waals surface area (Å²) in [4.78, 5) is 23.7. The zero-order valence-corrected chi connectivity index (χ0v) is 16.7. The molecule has 2 aromatic carbocycles. The zero-order chi connectivity index (χ0) is 20.3. The topological polar surface area (TPSA) is 104 Å². The van der Waals surface area contributed by atoms with Gasteiger partial charge < -0.3 is 10.6 Å². The van der Waals surface area contributed by atoms with Gasteiger partial charge >= 0.3 is 0 Å². The van der Waals surface area contributed by atoms with Crippen LogP contribution in [0.2, 0.25) is 0 Å². The van der Waals surface area contributed by atoms with Crippen LogP contribution < -0.4 is 15.4 Å². The first kappa shape index (κ1) is 20.0. The number of rotatable bonds is 6. The molecule has 28 heavy (non-hydrogen) atoms. The van der Waals surface area contributed by atoms with E-state index in [-0.39, 0.29) is 29.7 Å². The molecule has 1 aliphatic rings. The molecule has 0 bridgehead atoms. The fourth-order valence-corrected chi connectivity index (χ4v) is 4.07. The van der Waals surface area contributed by atoms with Gasteiger partial charge in [-0.2, -0.15) is 0 Å². The molecule has 0 aliphatic carbocycles. The number of carbonyl (C=O) groups excluding carboxylic acids is 2. The first-order valence-corrected chi connectivity index (χ1v) is 10.5. The second kappa shape index (κ2) is 8.12. The summed E-state index contributed by atoms with van der Waals surface area (Å²) in [6, 6.07) is 10.4. The number of nitrogens with one attached hydrogen (secondary N) is 3. The van der Waals surface area contributed by atoms with E-state index in [1.165, 1.54) is 6.07 Å². The van der Waals surface area contributed by atoms with Gasteiger partial charge in [0, 0.05) is 30.8 Å². The number of anilines is 2. The van der Waals surface area contributed by atoms with E-state index in [9.17, 15) is 18.0 Å². The van der Waals surface area contributed by atoms with Crippen molar-refractivity contribution in [2.75, 3.05) is 17.2 Å². The lowest BCUT2D eigenvalue weighted by Gasteiger charge is -2.17. The van der Waals surface area contributed by atoms with E-state index in [2.05, 4.69) is 15.4 Å². The van der Waals surface area contributed by atoms with Gasteiger partial charge in [0.05, 0.1) is 4.90 Å². The van der Waals surface area contributed by atoms with E-state index in [0.717, 1.165) is 22.4 Å². The van der Waals surface area contributed by atoms with Gasteiger partial charge in [-0.15, -0.1) is 0 Å². The third kappa shape index (κ3) is 4.76. The fraction of sp³-hybridized carbons (Fsp3) is 0.300. The highest BCUT2D eigenvalue weighted by atomic mass is 32.2. The number of benzene rings is 2. The second-order valence-corrected chi connectivity index (χ2v) is 8.65. The minimum atomic E-state index is -3.73. The molecule has 3 N–H and O–H groups in total. The third-order valence-electron chi connectivity index (χ3n) is 4.59. The molecule has 3 rings (SSSR count). The Kier molecular flexibility index (Phi) is 5.81. The molecule has 1 heterocycles. The molecular weight excluding hydrogens is 378 g/mol. The monoisotopic (exact) mass is 401 g/mol. The number of carbonyl (C=O) groups is 2. The van der Waals surface area contributed by atoms with E-state index >= 15 is 0 Å². The number of aryl methyl sites for hydroxylation is 3. The lowest BCUT2D eigenvalue weighted by molar-refractivity contribution is -0.117. The minimum absolute atomic E-state index is 0.00709. The highest BCUT2D eigenvalue weighted by molar-refractivity contribution is 7.89.